The number of pyridine rings is 2. The smallest absolute Gasteiger partial charge is 0.408 e. The zero-order valence-corrected chi connectivity index (χ0v) is 21.6. The number of amides is 3. The molecule has 3 atom stereocenters. The summed E-state index contributed by atoms with van der Waals surface area (Å²) in [7, 11) is 0. The van der Waals surface area contributed by atoms with E-state index in [1.807, 2.05) is 24.1 Å². The molecule has 210 valence electrons. The molecule has 1 unspecified atom stereocenters. The number of alkyl halides is 3. The van der Waals surface area contributed by atoms with Crippen LogP contribution in [0.4, 0.5) is 35.3 Å². The summed E-state index contributed by atoms with van der Waals surface area (Å²) in [5.74, 6) is -0.670. The molecule has 2 bridgehead atoms. The lowest BCUT2D eigenvalue weighted by Gasteiger charge is -2.35. The molecule has 5 heterocycles. The number of nitrogens with zero attached hydrogens (tertiary/aromatic N) is 4. The number of halogens is 3. The van der Waals surface area contributed by atoms with Gasteiger partial charge in [-0.3, -0.25) is 15.0 Å². The van der Waals surface area contributed by atoms with Gasteiger partial charge in [0, 0.05) is 13.1 Å². The van der Waals surface area contributed by atoms with Crippen molar-refractivity contribution >= 4 is 29.3 Å². The molecule has 2 saturated heterocycles. The van der Waals surface area contributed by atoms with Gasteiger partial charge in [0.15, 0.2) is 11.6 Å². The highest BCUT2D eigenvalue weighted by atomic mass is 19.4. The second kappa shape index (κ2) is 10.2. The highest BCUT2D eigenvalue weighted by molar-refractivity contribution is 6.05. The Balaban J connectivity index is 1.27. The van der Waals surface area contributed by atoms with Gasteiger partial charge in [-0.15, -0.1) is 0 Å². The van der Waals surface area contributed by atoms with Gasteiger partial charge in [0.25, 0.3) is 5.91 Å². The highest BCUT2D eigenvalue weighted by Crippen LogP contribution is 2.39. The fourth-order valence-corrected chi connectivity index (χ4v) is 4.69. The van der Waals surface area contributed by atoms with Crippen LogP contribution in [-0.4, -0.2) is 78.4 Å². The molecule has 0 aromatic carbocycles. The number of ether oxygens (including phenoxy) is 3. The minimum atomic E-state index is -4.59. The summed E-state index contributed by atoms with van der Waals surface area (Å²) in [6.45, 7) is 6.46. The number of carbonyl (C=O) groups excluding carboxylic acids is 2. The Kier molecular flexibility index (Phi) is 7.01. The number of aromatic nitrogens is 2. The van der Waals surface area contributed by atoms with Crippen LogP contribution in [0.2, 0.25) is 0 Å². The first kappa shape index (κ1) is 26.9. The van der Waals surface area contributed by atoms with E-state index in [0.29, 0.717) is 37.6 Å². The zero-order valence-electron chi connectivity index (χ0n) is 21.6. The fraction of sp³-hybridized carbons (Fsp3) is 0.520. The summed E-state index contributed by atoms with van der Waals surface area (Å²) in [5, 5.41) is 4.65. The molecule has 2 aromatic rings. The number of anilines is 3. The average Bonchev–Trinajstić information content (AvgIpc) is 3.45. The van der Waals surface area contributed by atoms with E-state index in [1.54, 1.807) is 18.2 Å². The van der Waals surface area contributed by atoms with Crippen molar-refractivity contribution in [1.82, 2.24) is 15.3 Å². The first-order chi connectivity index (χ1) is 18.4. The van der Waals surface area contributed by atoms with E-state index in [1.165, 1.54) is 17.2 Å². The summed E-state index contributed by atoms with van der Waals surface area (Å²) < 4.78 is 55.7. The molecular weight excluding hydrogens is 521 g/mol. The topological polar surface area (TPSA) is 118 Å². The van der Waals surface area contributed by atoms with Gasteiger partial charge in [-0.1, -0.05) is 0 Å². The number of urea groups is 1. The molecule has 3 aliphatic heterocycles. The third kappa shape index (κ3) is 5.86. The van der Waals surface area contributed by atoms with E-state index in [9.17, 15) is 22.8 Å². The van der Waals surface area contributed by atoms with Crippen LogP contribution in [-0.2, 0) is 9.47 Å². The van der Waals surface area contributed by atoms with E-state index in [0.717, 1.165) is 6.92 Å². The zero-order chi connectivity index (χ0) is 27.9. The summed E-state index contributed by atoms with van der Waals surface area (Å²) in [5.41, 5.74) is 0.405. The quantitative estimate of drug-likeness (QED) is 0.563. The van der Waals surface area contributed by atoms with Gasteiger partial charge in [-0.05, 0) is 51.5 Å². The van der Waals surface area contributed by atoms with Gasteiger partial charge in [0.2, 0.25) is 0 Å². The van der Waals surface area contributed by atoms with Crippen molar-refractivity contribution in [3.05, 3.63) is 36.2 Å². The summed E-state index contributed by atoms with van der Waals surface area (Å²) in [4.78, 5) is 37.9. The molecule has 5 rings (SSSR count). The minimum Gasteiger partial charge on any atom is -0.489 e. The van der Waals surface area contributed by atoms with Crippen molar-refractivity contribution in [2.45, 2.75) is 57.3 Å². The lowest BCUT2D eigenvalue weighted by atomic mass is 10.1. The van der Waals surface area contributed by atoms with Gasteiger partial charge in [-0.2, -0.15) is 13.2 Å². The molecule has 14 heteroatoms. The standard InChI is InChI=1S/C25H29F3N6O5/c1-14(25(26,27)28)30-22(35)18-5-6-19-21(31-18)34(15-8-9-33(19)11-15)23(36)32-20-7-4-16(10-29-20)37-12-17-13-38-24(2,3)39-17/h4-7,10,14-15,17H,8-9,11-13H2,1-3H3,(H,30,35)(H,29,32,36)/t14?,15-,17+/m0/s1. The lowest BCUT2D eigenvalue weighted by Crippen LogP contribution is -2.49. The summed E-state index contributed by atoms with van der Waals surface area (Å²) in [6.07, 6.45) is -2.66. The second-order valence-electron chi connectivity index (χ2n) is 10.1. The fourth-order valence-electron chi connectivity index (χ4n) is 4.69. The van der Waals surface area contributed by atoms with Crippen molar-refractivity contribution in [3.8, 4) is 5.75 Å². The molecule has 39 heavy (non-hydrogen) atoms. The van der Waals surface area contributed by atoms with Gasteiger partial charge in [0.05, 0.1) is 24.5 Å². The lowest BCUT2D eigenvalue weighted by molar-refractivity contribution is -0.149. The molecule has 2 aromatic heterocycles. The number of hydrogen-bond acceptors (Lipinski definition) is 8. The van der Waals surface area contributed by atoms with Crippen LogP contribution in [0.1, 0.15) is 37.7 Å². The molecule has 11 nitrogen and oxygen atoms in total. The predicted octanol–water partition coefficient (Wildman–Crippen LogP) is 3.32. The Morgan fingerprint density at radius 1 is 1.26 bits per heavy atom. The Morgan fingerprint density at radius 2 is 2.05 bits per heavy atom. The second-order valence-corrected chi connectivity index (χ2v) is 10.1. The van der Waals surface area contributed by atoms with E-state index in [4.69, 9.17) is 14.2 Å². The van der Waals surface area contributed by atoms with Crippen molar-refractivity contribution in [2.75, 3.05) is 41.4 Å². The maximum Gasteiger partial charge on any atom is 0.408 e. The Labute approximate surface area is 222 Å². The number of fused-ring (bicyclic) bond motifs is 4. The predicted molar refractivity (Wildman–Crippen MR) is 134 cm³/mol. The normalized spacial score (nSPS) is 22.3. The summed E-state index contributed by atoms with van der Waals surface area (Å²) >= 11 is 0. The molecule has 0 radical (unpaired) electrons. The van der Waals surface area contributed by atoms with Crippen molar-refractivity contribution in [1.29, 1.82) is 0 Å². The maximum atomic E-state index is 13.4. The van der Waals surface area contributed by atoms with E-state index in [2.05, 4.69) is 15.3 Å². The third-order valence-corrected chi connectivity index (χ3v) is 6.72. The van der Waals surface area contributed by atoms with Crippen LogP contribution in [0.5, 0.6) is 5.75 Å². The minimum absolute atomic E-state index is 0.204. The van der Waals surface area contributed by atoms with Crippen LogP contribution in [0.15, 0.2) is 30.5 Å². The monoisotopic (exact) mass is 550 g/mol. The van der Waals surface area contributed by atoms with Crippen molar-refractivity contribution in [3.63, 3.8) is 0 Å². The van der Waals surface area contributed by atoms with E-state index in [-0.39, 0.29) is 36.1 Å². The van der Waals surface area contributed by atoms with Crippen LogP contribution < -0.4 is 25.2 Å². The molecular formula is C25H29F3N6O5. The Morgan fingerprint density at radius 3 is 2.72 bits per heavy atom. The highest BCUT2D eigenvalue weighted by Gasteiger charge is 2.41. The largest absolute Gasteiger partial charge is 0.489 e. The molecule has 0 spiro atoms. The number of hydrogen-bond donors (Lipinski definition) is 2. The van der Waals surface area contributed by atoms with Gasteiger partial charge >= 0.3 is 12.2 Å². The Bertz CT molecular complexity index is 1240. The molecule has 2 fully saturated rings. The first-order valence-corrected chi connectivity index (χ1v) is 12.5. The molecule has 2 N–H and O–H groups in total. The number of nitrogens with one attached hydrogen (secondary N) is 2. The molecule has 0 aliphatic carbocycles. The molecule has 0 saturated carbocycles. The van der Waals surface area contributed by atoms with Gasteiger partial charge in [0.1, 0.15) is 36.0 Å². The van der Waals surface area contributed by atoms with Crippen molar-refractivity contribution < 1.29 is 37.0 Å². The van der Waals surface area contributed by atoms with Crippen LogP contribution >= 0.6 is 0 Å². The average molecular weight is 551 g/mol. The SMILES string of the molecule is CC(NC(=O)c1ccc2c(n1)N(C(=O)Nc1ccc(OC[C@@H]3COC(C)(C)O3)cn1)[C@H]1CCN2C1)C(F)(F)F. The maximum absolute atomic E-state index is 13.4. The number of carbonyl (C=O) groups is 2. The number of rotatable bonds is 6. The van der Waals surface area contributed by atoms with Gasteiger partial charge < -0.3 is 24.4 Å². The van der Waals surface area contributed by atoms with E-state index >= 15 is 0 Å². The van der Waals surface area contributed by atoms with Crippen LogP contribution in [0, 0.1) is 0 Å². The van der Waals surface area contributed by atoms with Crippen LogP contribution in [0.25, 0.3) is 0 Å². The van der Waals surface area contributed by atoms with E-state index < -0.39 is 29.9 Å². The van der Waals surface area contributed by atoms with Crippen molar-refractivity contribution in [2.24, 2.45) is 0 Å². The summed E-state index contributed by atoms with van der Waals surface area (Å²) in [6, 6.07) is 3.41. The Hall–Kier alpha value is -3.65. The van der Waals surface area contributed by atoms with Gasteiger partial charge in [-0.25, -0.2) is 14.8 Å². The third-order valence-electron chi connectivity index (χ3n) is 6.72. The van der Waals surface area contributed by atoms with Crippen LogP contribution in [0.3, 0.4) is 0 Å². The first-order valence-electron chi connectivity index (χ1n) is 12.5. The molecule has 3 aliphatic rings. The molecule has 3 amide bonds.